The summed E-state index contributed by atoms with van der Waals surface area (Å²) in [6, 6.07) is 22.3. The van der Waals surface area contributed by atoms with E-state index in [0.717, 1.165) is 31.0 Å². The van der Waals surface area contributed by atoms with Gasteiger partial charge in [0.15, 0.2) is 5.76 Å². The Morgan fingerprint density at radius 1 is 0.957 bits per heavy atom. The largest absolute Gasteiger partial charge is 0.489 e. The Hall–Kier alpha value is -5.20. The van der Waals surface area contributed by atoms with Crippen LogP contribution < -0.4 is 4.74 Å². The molecule has 1 amide bonds. The SMILES string of the molecule is CON(C)C(=O)c1cc2c(OC[C@H](CN3CCC(c4ccc5ccccc5c4)CC3)OC(C)=O)cccc2o1.O=C(O)C=CC(=O)O. The minimum Gasteiger partial charge on any atom is -0.489 e. The molecule has 0 saturated carbocycles. The molecule has 1 aliphatic rings. The fourth-order valence-electron chi connectivity index (χ4n) is 5.39. The van der Waals surface area contributed by atoms with E-state index < -0.39 is 23.9 Å². The van der Waals surface area contributed by atoms with Gasteiger partial charge in [-0.05, 0) is 60.3 Å². The third-order valence-electron chi connectivity index (χ3n) is 7.71. The van der Waals surface area contributed by atoms with Gasteiger partial charge in [0.2, 0.25) is 0 Å². The molecule has 5 rings (SSSR count). The van der Waals surface area contributed by atoms with Gasteiger partial charge in [-0.25, -0.2) is 14.7 Å². The number of esters is 1. The van der Waals surface area contributed by atoms with E-state index >= 15 is 0 Å². The summed E-state index contributed by atoms with van der Waals surface area (Å²) in [6.45, 7) is 4.04. The lowest BCUT2D eigenvalue weighted by Crippen LogP contribution is -2.42. The average molecular weight is 647 g/mol. The number of rotatable bonds is 11. The van der Waals surface area contributed by atoms with Gasteiger partial charge in [-0.2, -0.15) is 0 Å². The number of likely N-dealkylation sites (tertiary alicyclic amines) is 1. The number of carboxylic acids is 2. The van der Waals surface area contributed by atoms with Gasteiger partial charge in [0.25, 0.3) is 0 Å². The minimum atomic E-state index is -1.26. The zero-order valence-electron chi connectivity index (χ0n) is 26.5. The number of benzene rings is 3. The first-order chi connectivity index (χ1) is 22.5. The van der Waals surface area contributed by atoms with E-state index in [-0.39, 0.29) is 18.3 Å². The Kier molecular flexibility index (Phi) is 12.1. The molecule has 248 valence electrons. The Morgan fingerprint density at radius 2 is 1.64 bits per heavy atom. The molecule has 2 heterocycles. The molecule has 1 aromatic heterocycles. The molecule has 47 heavy (non-hydrogen) atoms. The van der Waals surface area contributed by atoms with Crippen LogP contribution in [0.3, 0.4) is 0 Å². The van der Waals surface area contributed by atoms with Gasteiger partial charge in [-0.1, -0.05) is 48.5 Å². The van der Waals surface area contributed by atoms with E-state index in [9.17, 15) is 19.2 Å². The maximum absolute atomic E-state index is 12.4. The number of carbonyl (C=O) groups excluding carboxylic acids is 2. The second kappa shape index (κ2) is 16.4. The van der Waals surface area contributed by atoms with Crippen LogP contribution in [0.1, 0.15) is 41.8 Å². The summed E-state index contributed by atoms with van der Waals surface area (Å²) in [5, 5.41) is 19.9. The van der Waals surface area contributed by atoms with Gasteiger partial charge in [-0.3, -0.25) is 19.3 Å². The molecule has 0 unspecified atom stereocenters. The predicted molar refractivity (Wildman–Crippen MR) is 173 cm³/mol. The number of carboxylic acid groups (broad SMARTS) is 2. The number of hydrogen-bond donors (Lipinski definition) is 2. The number of carbonyl (C=O) groups is 4. The van der Waals surface area contributed by atoms with Crippen molar-refractivity contribution in [2.75, 3.05) is 40.4 Å². The summed E-state index contributed by atoms with van der Waals surface area (Å²) in [6.07, 6.45) is 2.78. The average Bonchev–Trinajstić information content (AvgIpc) is 3.51. The fraction of sp³-hybridized carbons (Fsp3) is 0.314. The Morgan fingerprint density at radius 3 is 2.28 bits per heavy atom. The lowest BCUT2D eigenvalue weighted by molar-refractivity contribution is -0.149. The van der Waals surface area contributed by atoms with Gasteiger partial charge in [0.1, 0.15) is 24.0 Å². The third-order valence-corrected chi connectivity index (χ3v) is 7.71. The van der Waals surface area contributed by atoms with Crippen molar-refractivity contribution in [1.29, 1.82) is 0 Å². The van der Waals surface area contributed by atoms with Gasteiger partial charge < -0.3 is 24.1 Å². The number of hydrogen-bond acceptors (Lipinski definition) is 9. The van der Waals surface area contributed by atoms with Crippen LogP contribution in [-0.2, 0) is 24.0 Å². The topological polar surface area (TPSA) is 156 Å². The van der Waals surface area contributed by atoms with E-state index in [2.05, 4.69) is 47.4 Å². The Labute approximate surface area is 271 Å². The molecule has 0 bridgehead atoms. The molecule has 0 aliphatic carbocycles. The van der Waals surface area contributed by atoms with Crippen LogP contribution in [0, 0.1) is 0 Å². The number of amides is 1. The van der Waals surface area contributed by atoms with Crippen molar-refractivity contribution in [2.24, 2.45) is 0 Å². The van der Waals surface area contributed by atoms with Gasteiger partial charge in [0.05, 0.1) is 12.5 Å². The van der Waals surface area contributed by atoms with E-state index in [1.54, 1.807) is 18.2 Å². The molecular formula is C35H38N2O10. The van der Waals surface area contributed by atoms with Crippen molar-refractivity contribution in [1.82, 2.24) is 9.96 Å². The van der Waals surface area contributed by atoms with E-state index in [1.807, 2.05) is 6.07 Å². The Bertz CT molecular complexity index is 1720. The minimum absolute atomic E-state index is 0.149. The number of ether oxygens (including phenoxy) is 2. The molecule has 3 aromatic carbocycles. The lowest BCUT2D eigenvalue weighted by Gasteiger charge is -2.34. The number of fused-ring (bicyclic) bond motifs is 2. The maximum atomic E-state index is 12.4. The lowest BCUT2D eigenvalue weighted by atomic mass is 9.88. The smallest absolute Gasteiger partial charge is 0.328 e. The van der Waals surface area contributed by atoms with Crippen LogP contribution in [0.25, 0.3) is 21.7 Å². The molecule has 12 nitrogen and oxygen atoms in total. The summed E-state index contributed by atoms with van der Waals surface area (Å²) >= 11 is 0. The van der Waals surface area contributed by atoms with Crippen molar-refractivity contribution in [2.45, 2.75) is 31.8 Å². The standard InChI is InChI=1S/C31H34N2O6.C4H4O4/c1-21(34)38-26(20-37-28-9-6-10-29-27(28)18-30(39-29)31(35)32(2)36-3)19-33-15-13-23(14-16-33)25-12-11-22-7-4-5-8-24(22)17-25;5-3(6)1-2-4(7)8/h4-12,17-18,23,26H,13-16,19-20H2,1-3H3;1-2H,(H,5,6)(H,7,8)/t26-;/m0./s1. The van der Waals surface area contributed by atoms with Crippen LogP contribution in [-0.4, -0.2) is 90.5 Å². The first-order valence-corrected chi connectivity index (χ1v) is 15.0. The monoisotopic (exact) mass is 646 g/mol. The molecule has 12 heteroatoms. The normalized spacial score (nSPS) is 14.4. The van der Waals surface area contributed by atoms with E-state index in [0.29, 0.717) is 41.3 Å². The summed E-state index contributed by atoms with van der Waals surface area (Å²) in [5.74, 6) is -2.03. The molecule has 1 saturated heterocycles. The van der Waals surface area contributed by atoms with Crippen molar-refractivity contribution in [3.05, 3.63) is 90.2 Å². The number of aliphatic carboxylic acids is 2. The second-order valence-corrected chi connectivity index (χ2v) is 11.0. The highest BCUT2D eigenvalue weighted by molar-refractivity contribution is 5.97. The second-order valence-electron chi connectivity index (χ2n) is 11.0. The van der Waals surface area contributed by atoms with Crippen LogP contribution >= 0.6 is 0 Å². The first kappa shape index (κ1) is 34.7. The van der Waals surface area contributed by atoms with Crippen LogP contribution in [0.4, 0.5) is 0 Å². The summed E-state index contributed by atoms with van der Waals surface area (Å²) in [7, 11) is 2.93. The number of piperidine rings is 1. The fourth-order valence-corrected chi connectivity index (χ4v) is 5.39. The van der Waals surface area contributed by atoms with E-state index in [4.69, 9.17) is 28.9 Å². The third kappa shape index (κ3) is 9.89. The van der Waals surface area contributed by atoms with Crippen molar-refractivity contribution in [3.8, 4) is 5.75 Å². The maximum Gasteiger partial charge on any atom is 0.328 e. The van der Waals surface area contributed by atoms with Crippen molar-refractivity contribution in [3.63, 3.8) is 0 Å². The molecular weight excluding hydrogens is 608 g/mol. The number of nitrogens with zero attached hydrogens (tertiary/aromatic N) is 2. The quantitative estimate of drug-likeness (QED) is 0.127. The zero-order valence-corrected chi connectivity index (χ0v) is 26.5. The molecule has 1 fully saturated rings. The number of hydroxylamine groups is 2. The molecule has 1 atom stereocenters. The molecule has 4 aromatic rings. The molecule has 0 radical (unpaired) electrons. The molecule has 2 N–H and O–H groups in total. The Balaban J connectivity index is 0.000000555. The van der Waals surface area contributed by atoms with Crippen LogP contribution in [0.15, 0.2) is 83.3 Å². The van der Waals surface area contributed by atoms with Gasteiger partial charge in [-0.15, -0.1) is 0 Å². The highest BCUT2D eigenvalue weighted by Gasteiger charge is 2.25. The predicted octanol–water partition coefficient (Wildman–Crippen LogP) is 5.12. The highest BCUT2D eigenvalue weighted by Crippen LogP contribution is 2.31. The summed E-state index contributed by atoms with van der Waals surface area (Å²) in [4.78, 5) is 50.7. The van der Waals surface area contributed by atoms with Gasteiger partial charge in [0, 0.05) is 38.7 Å². The summed E-state index contributed by atoms with van der Waals surface area (Å²) < 4.78 is 17.5. The molecule has 0 spiro atoms. The number of furan rings is 1. The van der Waals surface area contributed by atoms with Crippen molar-refractivity contribution < 1.29 is 48.1 Å². The molecule has 1 aliphatic heterocycles. The summed E-state index contributed by atoms with van der Waals surface area (Å²) in [5.41, 5.74) is 1.91. The van der Waals surface area contributed by atoms with Gasteiger partial charge >= 0.3 is 23.8 Å². The first-order valence-electron chi connectivity index (χ1n) is 15.0. The zero-order chi connectivity index (χ0) is 33.9. The van der Waals surface area contributed by atoms with Crippen LogP contribution in [0.2, 0.25) is 0 Å². The van der Waals surface area contributed by atoms with Crippen molar-refractivity contribution >= 4 is 45.6 Å². The van der Waals surface area contributed by atoms with E-state index in [1.165, 1.54) is 37.4 Å². The highest BCUT2D eigenvalue weighted by atomic mass is 16.7. The van der Waals surface area contributed by atoms with Crippen LogP contribution in [0.5, 0.6) is 5.75 Å².